The summed E-state index contributed by atoms with van der Waals surface area (Å²) in [5.41, 5.74) is 6.76. The van der Waals surface area contributed by atoms with Crippen LogP contribution in [0, 0.1) is 5.53 Å². The molecule has 0 aliphatic heterocycles. The summed E-state index contributed by atoms with van der Waals surface area (Å²) < 4.78 is 9.66. The van der Waals surface area contributed by atoms with E-state index >= 15 is 0 Å². The Morgan fingerprint density at radius 2 is 1.64 bits per heavy atom. The van der Waals surface area contributed by atoms with Crippen molar-refractivity contribution in [1.82, 2.24) is 5.01 Å². The molecule has 0 aromatic rings. The lowest BCUT2D eigenvalue weighted by Crippen LogP contribution is -2.25. The first-order valence-corrected chi connectivity index (χ1v) is 3.45. The topological polar surface area (TPSA) is 57.9 Å². The van der Waals surface area contributed by atoms with Gasteiger partial charge in [-0.05, 0) is 0 Å². The van der Waals surface area contributed by atoms with Crippen molar-refractivity contribution in [3.8, 4) is 0 Å². The van der Waals surface area contributed by atoms with Gasteiger partial charge in [0.05, 0.1) is 26.3 Å². The molecule has 11 heavy (non-hydrogen) atoms. The SMILES string of the molecule is COCCN(CCOC)N=N. The van der Waals surface area contributed by atoms with Crippen molar-refractivity contribution in [3.05, 3.63) is 0 Å². The zero-order chi connectivity index (χ0) is 8.53. The Morgan fingerprint density at radius 3 is 1.91 bits per heavy atom. The molecule has 0 unspecified atom stereocenters. The number of hydrogen-bond acceptors (Lipinski definition) is 4. The lowest BCUT2D eigenvalue weighted by Gasteiger charge is -2.15. The average molecular weight is 161 g/mol. The molecule has 0 atom stereocenters. The van der Waals surface area contributed by atoms with Crippen LogP contribution in [0.25, 0.3) is 0 Å². The molecule has 0 fully saturated rings. The molecule has 0 aliphatic rings. The predicted octanol–water partition coefficient (Wildman–Crippen LogP) is 0.527. The van der Waals surface area contributed by atoms with E-state index in [-0.39, 0.29) is 0 Å². The second kappa shape index (κ2) is 7.43. The second-order valence-corrected chi connectivity index (χ2v) is 2.04. The highest BCUT2D eigenvalue weighted by atomic mass is 16.5. The van der Waals surface area contributed by atoms with Crippen molar-refractivity contribution in [2.24, 2.45) is 5.22 Å². The molecule has 0 radical (unpaired) electrons. The number of nitrogens with zero attached hydrogens (tertiary/aromatic N) is 2. The maximum absolute atomic E-state index is 6.76. The first-order chi connectivity index (χ1) is 5.35. The third-order valence-corrected chi connectivity index (χ3v) is 1.25. The van der Waals surface area contributed by atoms with E-state index in [2.05, 4.69) is 5.22 Å². The maximum atomic E-state index is 6.76. The highest BCUT2D eigenvalue weighted by Crippen LogP contribution is 1.88. The third kappa shape index (κ3) is 5.75. The van der Waals surface area contributed by atoms with Gasteiger partial charge in [0.2, 0.25) is 0 Å². The average Bonchev–Trinajstić information content (AvgIpc) is 2.05. The summed E-state index contributed by atoms with van der Waals surface area (Å²) in [7, 11) is 3.25. The molecule has 0 bridgehead atoms. The standard InChI is InChI=1S/C6H15N3O2/c1-10-5-3-9(8-7)4-6-11-2/h7H,3-6H2,1-2H3. The molecule has 66 valence electrons. The summed E-state index contributed by atoms with van der Waals surface area (Å²) in [5, 5.41) is 4.88. The lowest BCUT2D eigenvalue weighted by molar-refractivity contribution is 0.109. The molecule has 5 heteroatoms. The van der Waals surface area contributed by atoms with Gasteiger partial charge in [0.1, 0.15) is 0 Å². The summed E-state index contributed by atoms with van der Waals surface area (Å²) in [6.07, 6.45) is 0. The molecule has 0 saturated carbocycles. The van der Waals surface area contributed by atoms with Crippen LogP contribution in [-0.2, 0) is 9.47 Å². The lowest BCUT2D eigenvalue weighted by atomic mass is 10.6. The Hall–Kier alpha value is -0.680. The van der Waals surface area contributed by atoms with Crippen LogP contribution in [0.4, 0.5) is 0 Å². The zero-order valence-corrected chi connectivity index (χ0v) is 7.04. The molecule has 0 rings (SSSR count). The van der Waals surface area contributed by atoms with Crippen LogP contribution < -0.4 is 0 Å². The van der Waals surface area contributed by atoms with Crippen molar-refractivity contribution in [2.75, 3.05) is 40.5 Å². The van der Waals surface area contributed by atoms with Gasteiger partial charge in [-0.25, -0.2) is 0 Å². The van der Waals surface area contributed by atoms with Gasteiger partial charge in [0.25, 0.3) is 0 Å². The van der Waals surface area contributed by atoms with Crippen molar-refractivity contribution in [1.29, 1.82) is 5.53 Å². The van der Waals surface area contributed by atoms with Crippen LogP contribution in [0.1, 0.15) is 0 Å². The van der Waals surface area contributed by atoms with Crippen molar-refractivity contribution < 1.29 is 9.47 Å². The maximum Gasteiger partial charge on any atom is 0.0655 e. The van der Waals surface area contributed by atoms with E-state index in [0.717, 1.165) is 0 Å². The van der Waals surface area contributed by atoms with Gasteiger partial charge < -0.3 is 9.47 Å². The summed E-state index contributed by atoms with van der Waals surface area (Å²) in [4.78, 5) is 0. The molecule has 0 aliphatic carbocycles. The van der Waals surface area contributed by atoms with Crippen LogP contribution in [0.2, 0.25) is 0 Å². The van der Waals surface area contributed by atoms with E-state index in [9.17, 15) is 0 Å². The molecule has 0 spiro atoms. The van der Waals surface area contributed by atoms with E-state index in [0.29, 0.717) is 26.3 Å². The molecule has 1 N–H and O–H groups in total. The molecule has 0 aromatic carbocycles. The number of ether oxygens (including phenoxy) is 2. The fourth-order valence-electron chi connectivity index (χ4n) is 0.605. The molecular weight excluding hydrogens is 146 g/mol. The number of hydrogen-bond donors (Lipinski definition) is 1. The van der Waals surface area contributed by atoms with Gasteiger partial charge in [0.15, 0.2) is 0 Å². The summed E-state index contributed by atoms with van der Waals surface area (Å²) in [6, 6.07) is 0. The van der Waals surface area contributed by atoms with E-state index in [1.807, 2.05) is 0 Å². The van der Waals surface area contributed by atoms with Gasteiger partial charge >= 0.3 is 0 Å². The molecule has 0 saturated heterocycles. The van der Waals surface area contributed by atoms with E-state index < -0.39 is 0 Å². The normalized spacial score (nSPS) is 9.64. The molecule has 0 aromatic heterocycles. The molecule has 0 amide bonds. The van der Waals surface area contributed by atoms with Crippen LogP contribution in [0.15, 0.2) is 5.22 Å². The Kier molecular flexibility index (Phi) is 6.97. The van der Waals surface area contributed by atoms with Crippen molar-refractivity contribution in [2.45, 2.75) is 0 Å². The van der Waals surface area contributed by atoms with Crippen LogP contribution in [0.5, 0.6) is 0 Å². The fourth-order valence-corrected chi connectivity index (χ4v) is 0.605. The van der Waals surface area contributed by atoms with Gasteiger partial charge in [0, 0.05) is 14.2 Å². The summed E-state index contributed by atoms with van der Waals surface area (Å²) in [5.74, 6) is 0. The van der Waals surface area contributed by atoms with E-state index in [4.69, 9.17) is 15.0 Å². The summed E-state index contributed by atoms with van der Waals surface area (Å²) in [6.45, 7) is 2.46. The van der Waals surface area contributed by atoms with Crippen LogP contribution in [-0.4, -0.2) is 45.5 Å². The number of methoxy groups -OCH3 is 2. The quantitative estimate of drug-likeness (QED) is 0.437. The minimum atomic E-state index is 0.589. The Balaban J connectivity index is 3.33. The van der Waals surface area contributed by atoms with Gasteiger partial charge in [-0.3, -0.25) is 5.01 Å². The minimum Gasteiger partial charge on any atom is -0.383 e. The number of rotatable bonds is 7. The van der Waals surface area contributed by atoms with Crippen molar-refractivity contribution >= 4 is 0 Å². The molecular formula is C6H15N3O2. The smallest absolute Gasteiger partial charge is 0.0655 e. The number of nitrogens with one attached hydrogen (secondary N) is 1. The first-order valence-electron chi connectivity index (χ1n) is 3.45. The van der Waals surface area contributed by atoms with Gasteiger partial charge in [-0.15, -0.1) is 0 Å². The Labute approximate surface area is 66.8 Å². The largest absolute Gasteiger partial charge is 0.383 e. The zero-order valence-electron chi connectivity index (χ0n) is 7.04. The summed E-state index contributed by atoms with van der Waals surface area (Å²) >= 11 is 0. The van der Waals surface area contributed by atoms with Crippen LogP contribution >= 0.6 is 0 Å². The van der Waals surface area contributed by atoms with Gasteiger partial charge in [-0.2, -0.15) is 5.53 Å². The Morgan fingerprint density at radius 1 is 1.18 bits per heavy atom. The third-order valence-electron chi connectivity index (χ3n) is 1.25. The van der Waals surface area contributed by atoms with Gasteiger partial charge in [-0.1, -0.05) is 5.22 Å². The Bertz CT molecular complexity index is 91.8. The molecule has 0 heterocycles. The monoisotopic (exact) mass is 161 g/mol. The predicted molar refractivity (Wildman–Crippen MR) is 40.5 cm³/mol. The highest BCUT2D eigenvalue weighted by Gasteiger charge is 1.98. The first kappa shape index (κ1) is 10.3. The molecule has 5 nitrogen and oxygen atoms in total. The highest BCUT2D eigenvalue weighted by molar-refractivity contribution is 4.46. The second-order valence-electron chi connectivity index (χ2n) is 2.04. The van der Waals surface area contributed by atoms with E-state index in [1.54, 1.807) is 19.2 Å². The minimum absolute atomic E-state index is 0.589. The van der Waals surface area contributed by atoms with Crippen LogP contribution in [0.3, 0.4) is 0 Å². The van der Waals surface area contributed by atoms with E-state index in [1.165, 1.54) is 0 Å². The fraction of sp³-hybridized carbons (Fsp3) is 1.00. The van der Waals surface area contributed by atoms with Crippen molar-refractivity contribution in [3.63, 3.8) is 0 Å².